The third-order valence-corrected chi connectivity index (χ3v) is 7.49. The van der Waals surface area contributed by atoms with E-state index in [-0.39, 0.29) is 57.7 Å². The summed E-state index contributed by atoms with van der Waals surface area (Å²) in [6, 6.07) is 1.46. The Morgan fingerprint density at radius 1 is 1.05 bits per heavy atom. The maximum atomic E-state index is 13.2. The lowest BCUT2D eigenvalue weighted by molar-refractivity contribution is -0.0344. The SMILES string of the molecule is COc1cc(OC)c2c(=O)c(C)c(CCC(C)C(OC)C(C)C(C=CC=CC(C)(O)C(C)O)OC)oc2c1O. The lowest BCUT2D eigenvalue weighted by atomic mass is 9.85. The number of fused-ring (bicyclic) bond motifs is 1. The molecule has 0 aliphatic heterocycles. The van der Waals surface area contributed by atoms with Gasteiger partial charge in [0.1, 0.15) is 22.5 Å². The van der Waals surface area contributed by atoms with Crippen LogP contribution >= 0.6 is 0 Å². The summed E-state index contributed by atoms with van der Waals surface area (Å²) in [5.41, 5.74) is -1.10. The van der Waals surface area contributed by atoms with Crippen molar-refractivity contribution in [3.63, 3.8) is 0 Å². The molecule has 1 aromatic heterocycles. The standard InChI is InChI=1S/C30H44O9/c1-17(28(38-9)19(3)21(35-6)12-10-11-15-30(5,34)20(4)31)13-14-22-18(2)26(32)25-23(36-7)16-24(37-8)27(33)29(25)39-22/h10-12,15-17,19-21,28,31,33-34H,13-14H2,1-9H3. The summed E-state index contributed by atoms with van der Waals surface area (Å²) in [6.07, 6.45) is 6.63. The van der Waals surface area contributed by atoms with Crippen LogP contribution in [0, 0.1) is 18.8 Å². The highest BCUT2D eigenvalue weighted by molar-refractivity contribution is 5.91. The molecule has 0 fully saturated rings. The average Bonchev–Trinajstić information content (AvgIpc) is 2.90. The first kappa shape index (κ1) is 32.4. The normalized spacial score (nSPS) is 17.7. The number of ether oxygens (including phenoxy) is 4. The smallest absolute Gasteiger partial charge is 0.202 e. The molecule has 0 radical (unpaired) electrons. The zero-order chi connectivity index (χ0) is 29.5. The first-order chi connectivity index (χ1) is 18.3. The van der Waals surface area contributed by atoms with Gasteiger partial charge in [-0.15, -0.1) is 0 Å². The van der Waals surface area contributed by atoms with Crippen LogP contribution in [-0.4, -0.2) is 67.7 Å². The number of phenols is 1. The van der Waals surface area contributed by atoms with Gasteiger partial charge in [-0.2, -0.15) is 0 Å². The maximum Gasteiger partial charge on any atom is 0.202 e. The molecule has 9 nitrogen and oxygen atoms in total. The van der Waals surface area contributed by atoms with Crippen LogP contribution in [0.15, 0.2) is 39.6 Å². The third kappa shape index (κ3) is 7.42. The first-order valence-corrected chi connectivity index (χ1v) is 13.1. The van der Waals surface area contributed by atoms with Crippen molar-refractivity contribution in [3.8, 4) is 17.2 Å². The number of aromatic hydroxyl groups is 1. The maximum absolute atomic E-state index is 13.2. The molecule has 0 saturated carbocycles. The fraction of sp³-hybridized carbons (Fsp3) is 0.567. The van der Waals surface area contributed by atoms with E-state index in [0.717, 1.165) is 0 Å². The Labute approximate surface area is 230 Å². The molecule has 2 rings (SSSR count). The number of aryl methyl sites for hydroxylation is 1. The second-order valence-corrected chi connectivity index (χ2v) is 10.2. The second-order valence-electron chi connectivity index (χ2n) is 10.2. The highest BCUT2D eigenvalue weighted by Gasteiger charge is 2.30. The molecule has 6 atom stereocenters. The van der Waals surface area contributed by atoms with E-state index in [0.29, 0.717) is 24.2 Å². The van der Waals surface area contributed by atoms with E-state index in [4.69, 9.17) is 23.4 Å². The minimum absolute atomic E-state index is 0.0285. The Bertz CT molecular complexity index is 1210. The number of hydrogen-bond acceptors (Lipinski definition) is 9. The van der Waals surface area contributed by atoms with Gasteiger partial charge in [-0.05, 0) is 33.1 Å². The molecule has 218 valence electrons. The van der Waals surface area contributed by atoms with Crippen LogP contribution < -0.4 is 14.9 Å². The molecule has 9 heteroatoms. The van der Waals surface area contributed by atoms with Gasteiger partial charge in [0.15, 0.2) is 16.8 Å². The van der Waals surface area contributed by atoms with E-state index in [1.165, 1.54) is 40.2 Å². The van der Waals surface area contributed by atoms with Crippen molar-refractivity contribution >= 4 is 11.0 Å². The van der Waals surface area contributed by atoms with Gasteiger partial charge in [0, 0.05) is 38.2 Å². The van der Waals surface area contributed by atoms with E-state index in [9.17, 15) is 20.1 Å². The predicted octanol–water partition coefficient (Wildman–Crippen LogP) is 4.30. The molecule has 0 bridgehead atoms. The fourth-order valence-corrected chi connectivity index (χ4v) is 4.69. The Hall–Kier alpha value is -2.85. The number of allylic oxidation sites excluding steroid dienone is 2. The van der Waals surface area contributed by atoms with E-state index in [1.54, 1.807) is 33.3 Å². The lowest BCUT2D eigenvalue weighted by Gasteiger charge is -2.32. The van der Waals surface area contributed by atoms with Gasteiger partial charge in [0.25, 0.3) is 0 Å². The number of rotatable bonds is 14. The summed E-state index contributed by atoms with van der Waals surface area (Å²) < 4.78 is 28.2. The van der Waals surface area contributed by atoms with E-state index in [2.05, 4.69) is 6.92 Å². The lowest BCUT2D eigenvalue weighted by Crippen LogP contribution is -2.36. The van der Waals surface area contributed by atoms with Gasteiger partial charge in [-0.25, -0.2) is 0 Å². The monoisotopic (exact) mass is 548 g/mol. The first-order valence-electron chi connectivity index (χ1n) is 13.1. The number of benzene rings is 1. The zero-order valence-electron chi connectivity index (χ0n) is 24.5. The van der Waals surface area contributed by atoms with Crippen LogP contribution in [0.3, 0.4) is 0 Å². The molecule has 2 aromatic rings. The summed E-state index contributed by atoms with van der Waals surface area (Å²) in [5.74, 6) is 0.693. The summed E-state index contributed by atoms with van der Waals surface area (Å²) >= 11 is 0. The molecule has 0 spiro atoms. The van der Waals surface area contributed by atoms with Crippen LogP contribution in [0.4, 0.5) is 0 Å². The van der Waals surface area contributed by atoms with Gasteiger partial charge in [-0.3, -0.25) is 4.79 Å². The van der Waals surface area contributed by atoms with Crippen molar-refractivity contribution in [2.45, 2.75) is 71.4 Å². The van der Waals surface area contributed by atoms with Gasteiger partial charge >= 0.3 is 0 Å². The Morgan fingerprint density at radius 2 is 1.69 bits per heavy atom. The summed E-state index contributed by atoms with van der Waals surface area (Å²) in [6.45, 7) is 8.88. The summed E-state index contributed by atoms with van der Waals surface area (Å²) in [7, 11) is 6.14. The molecular weight excluding hydrogens is 504 g/mol. The van der Waals surface area contributed by atoms with Gasteiger partial charge < -0.3 is 38.7 Å². The van der Waals surface area contributed by atoms with E-state index >= 15 is 0 Å². The molecule has 1 aromatic carbocycles. The van der Waals surface area contributed by atoms with Crippen LogP contribution in [0.2, 0.25) is 0 Å². The number of methoxy groups -OCH3 is 4. The minimum Gasteiger partial charge on any atom is -0.502 e. The molecule has 0 aliphatic rings. The van der Waals surface area contributed by atoms with Crippen molar-refractivity contribution in [2.75, 3.05) is 28.4 Å². The third-order valence-electron chi connectivity index (χ3n) is 7.49. The fourth-order valence-electron chi connectivity index (χ4n) is 4.69. The van der Waals surface area contributed by atoms with Crippen molar-refractivity contribution in [3.05, 3.63) is 51.9 Å². The largest absolute Gasteiger partial charge is 0.502 e. The highest BCUT2D eigenvalue weighted by Crippen LogP contribution is 2.40. The predicted molar refractivity (Wildman–Crippen MR) is 151 cm³/mol. The van der Waals surface area contributed by atoms with Gasteiger partial charge in [0.05, 0.1) is 32.5 Å². The minimum atomic E-state index is -1.33. The number of phenolic OH excluding ortho intramolecular Hbond substituents is 1. The molecule has 39 heavy (non-hydrogen) atoms. The second kappa shape index (κ2) is 14.0. The number of hydrogen-bond donors (Lipinski definition) is 3. The van der Waals surface area contributed by atoms with Crippen molar-refractivity contribution in [1.29, 1.82) is 0 Å². The summed E-state index contributed by atoms with van der Waals surface area (Å²) in [4.78, 5) is 13.2. The molecule has 0 amide bonds. The molecule has 6 unspecified atom stereocenters. The van der Waals surface area contributed by atoms with Crippen molar-refractivity contribution in [2.24, 2.45) is 11.8 Å². The molecule has 0 aliphatic carbocycles. The highest BCUT2D eigenvalue weighted by atomic mass is 16.5. The van der Waals surface area contributed by atoms with Crippen molar-refractivity contribution in [1.82, 2.24) is 0 Å². The summed E-state index contributed by atoms with van der Waals surface area (Å²) in [5, 5.41) is 30.6. The molecule has 1 heterocycles. The topological polar surface area (TPSA) is 128 Å². The average molecular weight is 549 g/mol. The Morgan fingerprint density at radius 3 is 2.23 bits per heavy atom. The quantitative estimate of drug-likeness (QED) is 0.296. The van der Waals surface area contributed by atoms with Crippen molar-refractivity contribution < 1.29 is 38.7 Å². The Balaban J connectivity index is 2.25. The molecular formula is C30H44O9. The number of aliphatic hydroxyl groups excluding tert-OH is 1. The molecule has 0 saturated heterocycles. The van der Waals surface area contributed by atoms with Crippen LogP contribution in [0.1, 0.15) is 45.4 Å². The Kier molecular flexibility index (Phi) is 11.6. The van der Waals surface area contributed by atoms with Crippen LogP contribution in [-0.2, 0) is 15.9 Å². The zero-order valence-corrected chi connectivity index (χ0v) is 24.5. The van der Waals surface area contributed by atoms with Gasteiger partial charge in [0.2, 0.25) is 5.75 Å². The number of aliphatic hydroxyl groups is 2. The van der Waals surface area contributed by atoms with E-state index < -0.39 is 11.7 Å². The van der Waals surface area contributed by atoms with E-state index in [1.807, 2.05) is 13.0 Å². The van der Waals surface area contributed by atoms with Crippen LogP contribution in [0.5, 0.6) is 17.2 Å². The molecule has 3 N–H and O–H groups in total. The van der Waals surface area contributed by atoms with Crippen LogP contribution in [0.25, 0.3) is 11.0 Å². The van der Waals surface area contributed by atoms with Gasteiger partial charge in [-0.1, -0.05) is 38.2 Å².